The van der Waals surface area contributed by atoms with Crippen molar-refractivity contribution in [2.75, 3.05) is 39.4 Å². The van der Waals surface area contributed by atoms with Gasteiger partial charge >= 0.3 is 0 Å². The third kappa shape index (κ3) is 5.22. The molecule has 0 bridgehead atoms. The van der Waals surface area contributed by atoms with Gasteiger partial charge in [-0.3, -0.25) is 9.59 Å². The van der Waals surface area contributed by atoms with Crippen molar-refractivity contribution in [1.29, 1.82) is 0 Å². The number of hydrogen-bond donors (Lipinski definition) is 0. The topological polar surface area (TPSA) is 112 Å². The summed E-state index contributed by atoms with van der Waals surface area (Å²) in [5.41, 5.74) is 0.331. The number of ether oxygens (including phenoxy) is 4. The second-order valence-corrected chi connectivity index (χ2v) is 9.26. The second kappa shape index (κ2) is 11.0. The zero-order valence-electron chi connectivity index (χ0n) is 19.5. The molecule has 34 heavy (non-hydrogen) atoms. The van der Waals surface area contributed by atoms with E-state index in [1.165, 1.54) is 45.6 Å². The van der Waals surface area contributed by atoms with Crippen LogP contribution in [0.4, 0.5) is 5.69 Å². The molecule has 1 aliphatic heterocycles. The number of amides is 2. The average molecular weight is 493 g/mol. The SMILES string of the molecule is CCOc1ccc(N2C(=O)CC(N(CC(OC)OC)S(=O)(=O)c3ccc(OC)cc3)C2=O)cc1. The lowest BCUT2D eigenvalue weighted by Crippen LogP contribution is -2.49. The van der Waals surface area contributed by atoms with E-state index in [0.29, 0.717) is 23.8 Å². The highest BCUT2D eigenvalue weighted by Crippen LogP contribution is 2.31. The molecular formula is C23H28N2O8S. The number of hydrogen-bond acceptors (Lipinski definition) is 8. The van der Waals surface area contributed by atoms with E-state index in [0.717, 1.165) is 9.21 Å². The monoisotopic (exact) mass is 492 g/mol. The van der Waals surface area contributed by atoms with Crippen molar-refractivity contribution in [2.45, 2.75) is 30.6 Å². The second-order valence-electron chi connectivity index (χ2n) is 7.37. The number of nitrogens with zero attached hydrogens (tertiary/aromatic N) is 2. The quantitative estimate of drug-likeness (QED) is 0.346. The van der Waals surface area contributed by atoms with Crippen LogP contribution in [-0.4, -0.2) is 71.4 Å². The van der Waals surface area contributed by atoms with E-state index < -0.39 is 34.2 Å². The Kier molecular flexibility index (Phi) is 8.26. The van der Waals surface area contributed by atoms with Crippen molar-refractivity contribution in [3.63, 3.8) is 0 Å². The molecule has 1 aliphatic rings. The van der Waals surface area contributed by atoms with Crippen LogP contribution in [0.5, 0.6) is 11.5 Å². The van der Waals surface area contributed by atoms with E-state index in [4.69, 9.17) is 18.9 Å². The smallest absolute Gasteiger partial charge is 0.252 e. The fourth-order valence-electron chi connectivity index (χ4n) is 3.64. The Labute approximate surface area is 199 Å². The minimum Gasteiger partial charge on any atom is -0.497 e. The summed E-state index contributed by atoms with van der Waals surface area (Å²) in [4.78, 5) is 27.2. The van der Waals surface area contributed by atoms with E-state index in [-0.39, 0.29) is 17.9 Å². The molecule has 2 aromatic rings. The fraction of sp³-hybridized carbons (Fsp3) is 0.391. The van der Waals surface area contributed by atoms with Crippen molar-refractivity contribution in [2.24, 2.45) is 0 Å². The summed E-state index contributed by atoms with van der Waals surface area (Å²) in [6.45, 7) is 2.03. The summed E-state index contributed by atoms with van der Waals surface area (Å²) in [6, 6.07) is 10.9. The molecule has 0 aromatic heterocycles. The first kappa shape index (κ1) is 25.6. The van der Waals surface area contributed by atoms with Crippen LogP contribution in [0.3, 0.4) is 0 Å². The Balaban J connectivity index is 1.97. The molecule has 0 aliphatic carbocycles. The maximum atomic E-state index is 13.6. The lowest BCUT2D eigenvalue weighted by atomic mass is 10.2. The molecule has 1 saturated heterocycles. The van der Waals surface area contributed by atoms with E-state index >= 15 is 0 Å². The van der Waals surface area contributed by atoms with Gasteiger partial charge in [0.25, 0.3) is 5.91 Å². The molecule has 1 fully saturated rings. The maximum absolute atomic E-state index is 13.6. The van der Waals surface area contributed by atoms with Crippen molar-refractivity contribution in [1.82, 2.24) is 4.31 Å². The van der Waals surface area contributed by atoms with Gasteiger partial charge in [0.15, 0.2) is 6.29 Å². The average Bonchev–Trinajstić information content (AvgIpc) is 3.13. The summed E-state index contributed by atoms with van der Waals surface area (Å²) in [5, 5.41) is 0. The number of methoxy groups -OCH3 is 3. The van der Waals surface area contributed by atoms with Crippen LogP contribution in [0, 0.1) is 0 Å². The normalized spacial score (nSPS) is 16.5. The molecule has 0 saturated carbocycles. The Morgan fingerprint density at radius 1 is 0.971 bits per heavy atom. The van der Waals surface area contributed by atoms with Gasteiger partial charge in [0.2, 0.25) is 15.9 Å². The van der Waals surface area contributed by atoms with Gasteiger partial charge in [-0.1, -0.05) is 0 Å². The molecule has 184 valence electrons. The summed E-state index contributed by atoms with van der Waals surface area (Å²) >= 11 is 0. The first-order valence-corrected chi connectivity index (χ1v) is 12.0. The number of carbonyl (C=O) groups excluding carboxylic acids is 2. The molecule has 2 aromatic carbocycles. The van der Waals surface area contributed by atoms with Gasteiger partial charge < -0.3 is 18.9 Å². The molecule has 1 heterocycles. The summed E-state index contributed by atoms with van der Waals surface area (Å²) in [6.07, 6.45) is -1.27. The lowest BCUT2D eigenvalue weighted by molar-refractivity contribution is -0.125. The van der Waals surface area contributed by atoms with Gasteiger partial charge in [-0.2, -0.15) is 4.31 Å². The van der Waals surface area contributed by atoms with E-state index in [9.17, 15) is 18.0 Å². The molecular weight excluding hydrogens is 464 g/mol. The summed E-state index contributed by atoms with van der Waals surface area (Å²) in [5.74, 6) is -0.0998. The highest BCUT2D eigenvalue weighted by Gasteiger charge is 2.47. The van der Waals surface area contributed by atoms with E-state index in [1.807, 2.05) is 6.92 Å². The predicted octanol–water partition coefficient (Wildman–Crippen LogP) is 2.04. The largest absolute Gasteiger partial charge is 0.497 e. The number of imide groups is 1. The van der Waals surface area contributed by atoms with Crippen LogP contribution in [0.2, 0.25) is 0 Å². The zero-order chi connectivity index (χ0) is 24.9. The molecule has 2 amide bonds. The van der Waals surface area contributed by atoms with E-state index in [2.05, 4.69) is 0 Å². The standard InChI is InChI=1S/C23H28N2O8S/c1-5-33-18-8-6-16(7-9-18)25-21(26)14-20(23(25)27)24(15-22(31-3)32-4)34(28,29)19-12-10-17(30-2)11-13-19/h6-13,20,22H,5,14-15H2,1-4H3. The molecule has 11 heteroatoms. The Bertz CT molecular complexity index is 1100. The molecule has 3 rings (SSSR count). The van der Waals surface area contributed by atoms with Crippen molar-refractivity contribution < 1.29 is 37.0 Å². The Morgan fingerprint density at radius 3 is 2.09 bits per heavy atom. The van der Waals surface area contributed by atoms with Crippen LogP contribution in [0.25, 0.3) is 0 Å². The molecule has 10 nitrogen and oxygen atoms in total. The highest BCUT2D eigenvalue weighted by molar-refractivity contribution is 7.89. The number of carbonyl (C=O) groups is 2. The molecule has 1 unspecified atom stereocenters. The minimum absolute atomic E-state index is 0.0565. The third-order valence-corrected chi connectivity index (χ3v) is 7.29. The number of sulfonamides is 1. The Morgan fingerprint density at radius 2 is 1.56 bits per heavy atom. The van der Waals surface area contributed by atoms with Gasteiger partial charge in [0, 0.05) is 14.2 Å². The van der Waals surface area contributed by atoms with Crippen LogP contribution in [-0.2, 0) is 29.1 Å². The summed E-state index contributed by atoms with van der Waals surface area (Å²) < 4.78 is 49.0. The van der Waals surface area contributed by atoms with E-state index in [1.54, 1.807) is 24.3 Å². The molecule has 0 N–H and O–H groups in total. The molecule has 0 spiro atoms. The highest BCUT2D eigenvalue weighted by atomic mass is 32.2. The number of benzene rings is 2. The first-order chi connectivity index (χ1) is 16.3. The maximum Gasteiger partial charge on any atom is 0.252 e. The van der Waals surface area contributed by atoms with Crippen molar-refractivity contribution in [3.8, 4) is 11.5 Å². The molecule has 0 radical (unpaired) electrons. The number of rotatable bonds is 11. The Hall–Kier alpha value is -2.99. The van der Waals surface area contributed by atoms with Crippen molar-refractivity contribution >= 4 is 27.5 Å². The lowest BCUT2D eigenvalue weighted by Gasteiger charge is -2.29. The fourth-order valence-corrected chi connectivity index (χ4v) is 5.21. The van der Waals surface area contributed by atoms with Crippen LogP contribution in [0.1, 0.15) is 13.3 Å². The van der Waals surface area contributed by atoms with Gasteiger partial charge in [-0.05, 0) is 55.5 Å². The first-order valence-electron chi connectivity index (χ1n) is 10.6. The van der Waals surface area contributed by atoms with Gasteiger partial charge in [0.05, 0.1) is 37.3 Å². The summed E-state index contributed by atoms with van der Waals surface area (Å²) in [7, 11) is -0.0119. The zero-order valence-corrected chi connectivity index (χ0v) is 20.3. The minimum atomic E-state index is -4.20. The van der Waals surface area contributed by atoms with Crippen molar-refractivity contribution in [3.05, 3.63) is 48.5 Å². The van der Waals surface area contributed by atoms with Crippen LogP contribution >= 0.6 is 0 Å². The van der Waals surface area contributed by atoms with Crippen LogP contribution < -0.4 is 14.4 Å². The van der Waals surface area contributed by atoms with Crippen LogP contribution in [0.15, 0.2) is 53.4 Å². The van der Waals surface area contributed by atoms with Gasteiger partial charge in [-0.15, -0.1) is 0 Å². The number of anilines is 1. The van der Waals surface area contributed by atoms with Gasteiger partial charge in [0.1, 0.15) is 17.5 Å². The van der Waals surface area contributed by atoms with Gasteiger partial charge in [-0.25, -0.2) is 13.3 Å². The third-order valence-electron chi connectivity index (χ3n) is 5.40. The predicted molar refractivity (Wildman–Crippen MR) is 123 cm³/mol. The molecule has 1 atom stereocenters.